The summed E-state index contributed by atoms with van der Waals surface area (Å²) in [7, 11) is 0. The molecule has 0 radical (unpaired) electrons. The number of piperazine rings is 1. The van der Waals surface area contributed by atoms with Crippen LogP contribution in [0.15, 0.2) is 59.5 Å². The van der Waals surface area contributed by atoms with Crippen LogP contribution in [-0.4, -0.2) is 41.2 Å². The van der Waals surface area contributed by atoms with E-state index in [0.29, 0.717) is 36.4 Å². The summed E-state index contributed by atoms with van der Waals surface area (Å²) in [5.41, 5.74) is -2.30. The molecule has 0 spiro atoms. The van der Waals surface area contributed by atoms with Crippen LogP contribution in [0.2, 0.25) is 0 Å². The van der Waals surface area contributed by atoms with Gasteiger partial charge in [0.1, 0.15) is 5.56 Å². The summed E-state index contributed by atoms with van der Waals surface area (Å²) in [6, 6.07) is 9.57. The van der Waals surface area contributed by atoms with Gasteiger partial charge in [0.2, 0.25) is 5.43 Å². The lowest BCUT2D eigenvalue weighted by Gasteiger charge is -2.30. The molecule has 1 N–H and O–H groups in total. The maximum absolute atomic E-state index is 13.6. The van der Waals surface area contributed by atoms with Crippen LogP contribution < -0.4 is 15.6 Å². The minimum absolute atomic E-state index is 0.0780. The maximum Gasteiger partial charge on any atom is 0.416 e. The molecule has 2 aromatic carbocycles. The number of carbonyl (C=O) groups is 1. The smallest absolute Gasteiger partial charge is 0.369 e. The quantitative estimate of drug-likeness (QED) is 0.325. The molecular weight excluding hydrogens is 526 g/mol. The van der Waals surface area contributed by atoms with Crippen molar-refractivity contribution in [1.29, 1.82) is 0 Å². The number of halogens is 6. The lowest BCUT2D eigenvalue weighted by molar-refractivity contribution is -0.143. The number of carbonyl (C=O) groups excluding carboxylic acids is 1. The third-order valence-corrected chi connectivity index (χ3v) is 7.14. The van der Waals surface area contributed by atoms with Crippen molar-refractivity contribution in [1.82, 2.24) is 14.5 Å². The van der Waals surface area contributed by atoms with Crippen molar-refractivity contribution in [3.05, 3.63) is 87.2 Å². The molecule has 0 bridgehead atoms. The zero-order valence-electron chi connectivity index (χ0n) is 20.2. The highest BCUT2D eigenvalue weighted by molar-refractivity contribution is 6.10. The molecule has 4 heterocycles. The van der Waals surface area contributed by atoms with Crippen molar-refractivity contribution in [2.45, 2.75) is 18.9 Å². The van der Waals surface area contributed by atoms with Gasteiger partial charge in [-0.3, -0.25) is 14.2 Å². The SMILES string of the molecule is O=C1c2c(n(Cc3cc(C(F)(F)F)cc(C(F)(F)F)c3)c3cc(N4CCNCC4)ccc3c2=O)-c2cccn21. The van der Waals surface area contributed by atoms with Crippen LogP contribution in [0.3, 0.4) is 0 Å². The second-order valence-electron chi connectivity index (χ2n) is 9.56. The zero-order valence-corrected chi connectivity index (χ0v) is 20.2. The average Bonchev–Trinajstić information content (AvgIpc) is 3.48. The summed E-state index contributed by atoms with van der Waals surface area (Å²) >= 11 is 0. The number of fused-ring (bicyclic) bond motifs is 4. The van der Waals surface area contributed by atoms with Gasteiger partial charge in [0, 0.05) is 50.0 Å². The van der Waals surface area contributed by atoms with E-state index in [2.05, 4.69) is 10.2 Å². The summed E-state index contributed by atoms with van der Waals surface area (Å²) in [5.74, 6) is -0.600. The van der Waals surface area contributed by atoms with E-state index >= 15 is 0 Å². The molecule has 1 saturated heterocycles. The van der Waals surface area contributed by atoms with Crippen LogP contribution in [-0.2, 0) is 18.9 Å². The molecule has 1 fully saturated rings. The van der Waals surface area contributed by atoms with Gasteiger partial charge in [0.15, 0.2) is 0 Å². The first-order valence-corrected chi connectivity index (χ1v) is 12.1. The van der Waals surface area contributed by atoms with Gasteiger partial charge in [-0.2, -0.15) is 26.3 Å². The topological polar surface area (TPSA) is 59.3 Å². The van der Waals surface area contributed by atoms with E-state index in [1.54, 1.807) is 30.3 Å². The molecule has 0 unspecified atom stereocenters. The van der Waals surface area contributed by atoms with Crippen LogP contribution in [0.1, 0.15) is 27.0 Å². The standard InChI is InChI=1S/C27H20F6N4O2/c28-26(29,30)16-10-15(11-17(12-16)27(31,32)33)14-37-21-13-18(35-8-5-34-6-9-35)3-4-19(21)24(38)22-23(37)20-2-1-7-36(20)25(22)39/h1-4,7,10-13,34H,5-6,8-9,14H2. The third kappa shape index (κ3) is 4.19. The first-order valence-electron chi connectivity index (χ1n) is 12.1. The largest absolute Gasteiger partial charge is 0.416 e. The van der Waals surface area contributed by atoms with Crippen molar-refractivity contribution in [3.8, 4) is 11.4 Å². The molecule has 202 valence electrons. The molecule has 0 amide bonds. The molecule has 6 nitrogen and oxygen atoms in total. The van der Waals surface area contributed by atoms with Crippen molar-refractivity contribution >= 4 is 22.5 Å². The fraction of sp³-hybridized carbons (Fsp3) is 0.259. The van der Waals surface area contributed by atoms with Crippen LogP contribution in [0.5, 0.6) is 0 Å². The lowest BCUT2D eigenvalue weighted by atomic mass is 10.0. The van der Waals surface area contributed by atoms with Gasteiger partial charge in [-0.05, 0) is 54.1 Å². The lowest BCUT2D eigenvalue weighted by Crippen LogP contribution is -2.43. The summed E-state index contributed by atoms with van der Waals surface area (Å²) in [5, 5.41) is 3.38. The Balaban J connectivity index is 1.62. The first kappa shape index (κ1) is 25.2. The number of aromatic nitrogens is 2. The fourth-order valence-electron chi connectivity index (χ4n) is 5.35. The molecule has 2 aromatic heterocycles. The number of anilines is 1. The highest BCUT2D eigenvalue weighted by atomic mass is 19.4. The molecule has 0 saturated carbocycles. The van der Waals surface area contributed by atoms with Gasteiger partial charge < -0.3 is 14.8 Å². The van der Waals surface area contributed by atoms with E-state index < -0.39 is 41.4 Å². The highest BCUT2D eigenvalue weighted by Crippen LogP contribution is 2.38. The number of hydrogen-bond donors (Lipinski definition) is 1. The van der Waals surface area contributed by atoms with Gasteiger partial charge in [-0.1, -0.05) is 0 Å². The summed E-state index contributed by atoms with van der Waals surface area (Å²) in [6.45, 7) is 2.35. The van der Waals surface area contributed by atoms with Gasteiger partial charge in [0.25, 0.3) is 5.91 Å². The molecule has 2 aliphatic rings. The molecule has 12 heteroatoms. The van der Waals surface area contributed by atoms with Gasteiger partial charge >= 0.3 is 12.4 Å². The van der Waals surface area contributed by atoms with Gasteiger partial charge in [-0.25, -0.2) is 0 Å². The number of hydrogen-bond acceptors (Lipinski definition) is 4. The molecule has 4 aromatic rings. The Morgan fingerprint density at radius 3 is 2.15 bits per heavy atom. The average molecular weight is 546 g/mol. The minimum Gasteiger partial charge on any atom is -0.369 e. The Hall–Kier alpha value is -4.06. The molecule has 0 atom stereocenters. The monoisotopic (exact) mass is 546 g/mol. The number of rotatable bonds is 3. The summed E-state index contributed by atoms with van der Waals surface area (Å²) in [4.78, 5) is 28.7. The van der Waals surface area contributed by atoms with Gasteiger partial charge in [-0.15, -0.1) is 0 Å². The molecular formula is C27H20F6N4O2. The predicted octanol–water partition coefficient (Wildman–Crippen LogP) is 4.97. The maximum atomic E-state index is 13.6. The van der Waals surface area contributed by atoms with Crippen molar-refractivity contribution in [2.75, 3.05) is 31.1 Å². The van der Waals surface area contributed by atoms with Crippen molar-refractivity contribution in [2.24, 2.45) is 0 Å². The van der Waals surface area contributed by atoms with Crippen LogP contribution in [0, 0.1) is 0 Å². The minimum atomic E-state index is -5.01. The molecule has 0 aliphatic carbocycles. The molecule has 6 rings (SSSR count). The van der Waals surface area contributed by atoms with E-state index in [1.165, 1.54) is 15.3 Å². The zero-order chi connectivity index (χ0) is 27.7. The number of nitrogens with one attached hydrogen (secondary N) is 1. The number of benzene rings is 2. The Kier molecular flexibility index (Phi) is 5.65. The van der Waals surface area contributed by atoms with E-state index in [0.717, 1.165) is 18.8 Å². The van der Waals surface area contributed by atoms with E-state index in [4.69, 9.17) is 0 Å². The van der Waals surface area contributed by atoms with E-state index in [-0.39, 0.29) is 28.3 Å². The van der Waals surface area contributed by atoms with Crippen molar-refractivity contribution < 1.29 is 31.1 Å². The molecule has 39 heavy (non-hydrogen) atoms. The third-order valence-electron chi connectivity index (χ3n) is 7.14. The second kappa shape index (κ2) is 8.73. The number of nitrogens with zero attached hydrogens (tertiary/aromatic N) is 3. The Morgan fingerprint density at radius 2 is 1.51 bits per heavy atom. The van der Waals surface area contributed by atoms with Crippen LogP contribution in [0.25, 0.3) is 22.3 Å². The molecule has 2 aliphatic heterocycles. The normalized spacial score (nSPS) is 15.6. The fourth-order valence-corrected chi connectivity index (χ4v) is 5.35. The highest BCUT2D eigenvalue weighted by Gasteiger charge is 2.38. The van der Waals surface area contributed by atoms with Crippen LogP contribution >= 0.6 is 0 Å². The van der Waals surface area contributed by atoms with E-state index in [1.807, 2.05) is 0 Å². The van der Waals surface area contributed by atoms with E-state index in [9.17, 15) is 35.9 Å². The van der Waals surface area contributed by atoms with Gasteiger partial charge in [0.05, 0.1) is 28.0 Å². The summed E-state index contributed by atoms with van der Waals surface area (Å²) in [6.07, 6.45) is -8.56. The number of alkyl halides is 6. The van der Waals surface area contributed by atoms with Crippen LogP contribution in [0.4, 0.5) is 32.0 Å². The second-order valence-corrected chi connectivity index (χ2v) is 9.56. The first-order chi connectivity index (χ1) is 18.4. The predicted molar refractivity (Wildman–Crippen MR) is 132 cm³/mol. The Morgan fingerprint density at radius 1 is 0.846 bits per heavy atom. The number of pyridine rings is 1. The van der Waals surface area contributed by atoms with Crippen molar-refractivity contribution in [3.63, 3.8) is 0 Å². The Bertz CT molecular complexity index is 1660. The summed E-state index contributed by atoms with van der Waals surface area (Å²) < 4.78 is 84.3. The Labute approximate surface area is 217 Å².